The number of nitrogens with zero attached hydrogens (tertiary/aromatic N) is 3. The molecule has 0 radical (unpaired) electrons. The molecule has 0 aliphatic carbocycles. The standard InChI is InChI=1S/C19H29N3O3/c1-15-3-5-18(6-4-15)25-14-17(23)13-21-9-7-16(8-10-21)22-12-11-20(2)19(22)24/h3-6,16-17,23H,7-14H2,1-2H3. The molecular formula is C19H29N3O3. The summed E-state index contributed by atoms with van der Waals surface area (Å²) in [6.07, 6.45) is 1.45. The number of carbonyl (C=O) groups excluding carboxylic acids is 1. The number of urea groups is 1. The molecule has 2 aliphatic rings. The Labute approximate surface area is 150 Å². The van der Waals surface area contributed by atoms with Crippen LogP contribution in [0.25, 0.3) is 0 Å². The van der Waals surface area contributed by atoms with E-state index in [1.807, 2.05) is 43.1 Å². The van der Waals surface area contributed by atoms with Gasteiger partial charge in [-0.15, -0.1) is 0 Å². The second-order valence-corrected chi connectivity index (χ2v) is 7.21. The molecule has 1 N–H and O–H groups in total. The lowest BCUT2D eigenvalue weighted by molar-refractivity contribution is 0.0505. The molecule has 0 saturated carbocycles. The molecular weight excluding hydrogens is 318 g/mol. The number of likely N-dealkylation sites (N-methyl/N-ethyl adjacent to an activating group) is 1. The molecule has 2 heterocycles. The van der Waals surface area contributed by atoms with Crippen LogP contribution >= 0.6 is 0 Å². The van der Waals surface area contributed by atoms with Gasteiger partial charge in [0.2, 0.25) is 0 Å². The molecule has 6 nitrogen and oxygen atoms in total. The van der Waals surface area contributed by atoms with E-state index in [-0.39, 0.29) is 6.03 Å². The van der Waals surface area contributed by atoms with E-state index in [4.69, 9.17) is 4.74 Å². The maximum atomic E-state index is 12.1. The second kappa shape index (κ2) is 8.06. The largest absolute Gasteiger partial charge is 0.491 e. The quantitative estimate of drug-likeness (QED) is 0.849. The summed E-state index contributed by atoms with van der Waals surface area (Å²) in [5.41, 5.74) is 1.19. The average molecular weight is 347 g/mol. The highest BCUT2D eigenvalue weighted by atomic mass is 16.5. The van der Waals surface area contributed by atoms with Gasteiger partial charge in [0.15, 0.2) is 0 Å². The molecule has 1 unspecified atom stereocenters. The number of carbonyl (C=O) groups is 1. The molecule has 3 rings (SSSR count). The van der Waals surface area contributed by atoms with E-state index in [0.717, 1.165) is 44.8 Å². The molecule has 1 aromatic rings. The van der Waals surface area contributed by atoms with E-state index in [2.05, 4.69) is 4.90 Å². The number of ether oxygens (including phenoxy) is 1. The number of benzene rings is 1. The fourth-order valence-electron chi connectivity index (χ4n) is 3.60. The lowest BCUT2D eigenvalue weighted by atomic mass is 10.0. The Morgan fingerprint density at radius 3 is 2.44 bits per heavy atom. The molecule has 1 atom stereocenters. The molecule has 0 bridgehead atoms. The zero-order chi connectivity index (χ0) is 17.8. The summed E-state index contributed by atoms with van der Waals surface area (Å²) in [4.78, 5) is 18.2. The van der Waals surface area contributed by atoms with E-state index in [9.17, 15) is 9.90 Å². The van der Waals surface area contributed by atoms with Gasteiger partial charge >= 0.3 is 6.03 Å². The minimum absolute atomic E-state index is 0.157. The Hall–Kier alpha value is -1.79. The number of β-amino-alcohol motifs (C(OH)–C–C–N with tert-alkyl or cyclic N) is 1. The van der Waals surface area contributed by atoms with Gasteiger partial charge in [-0.3, -0.25) is 0 Å². The van der Waals surface area contributed by atoms with Crippen LogP contribution in [0, 0.1) is 6.92 Å². The monoisotopic (exact) mass is 347 g/mol. The van der Waals surface area contributed by atoms with E-state index in [1.54, 1.807) is 4.90 Å². The Kier molecular flexibility index (Phi) is 5.81. The first-order valence-electron chi connectivity index (χ1n) is 9.14. The third kappa shape index (κ3) is 4.64. The fourth-order valence-corrected chi connectivity index (χ4v) is 3.60. The molecule has 1 aromatic carbocycles. The number of aliphatic hydroxyl groups is 1. The summed E-state index contributed by atoms with van der Waals surface area (Å²) in [7, 11) is 1.86. The number of hydrogen-bond acceptors (Lipinski definition) is 4. The van der Waals surface area contributed by atoms with Crippen molar-refractivity contribution in [3.63, 3.8) is 0 Å². The first kappa shape index (κ1) is 18.0. The maximum Gasteiger partial charge on any atom is 0.320 e. The van der Waals surface area contributed by atoms with Crippen molar-refractivity contribution in [1.82, 2.24) is 14.7 Å². The summed E-state index contributed by atoms with van der Waals surface area (Å²) in [6.45, 7) is 6.46. The van der Waals surface area contributed by atoms with E-state index in [1.165, 1.54) is 5.56 Å². The number of amides is 2. The van der Waals surface area contributed by atoms with Crippen LogP contribution in [-0.4, -0.2) is 84.4 Å². The van der Waals surface area contributed by atoms with Crippen molar-refractivity contribution in [2.24, 2.45) is 0 Å². The number of piperidine rings is 1. The van der Waals surface area contributed by atoms with Crippen LogP contribution in [0.4, 0.5) is 4.79 Å². The van der Waals surface area contributed by atoms with Gasteiger partial charge in [0, 0.05) is 45.8 Å². The summed E-state index contributed by atoms with van der Waals surface area (Å²) in [6, 6.07) is 8.36. The van der Waals surface area contributed by atoms with Gasteiger partial charge in [-0.2, -0.15) is 0 Å². The van der Waals surface area contributed by atoms with Crippen LogP contribution < -0.4 is 4.74 Å². The van der Waals surface area contributed by atoms with E-state index < -0.39 is 6.10 Å². The Morgan fingerprint density at radius 2 is 1.84 bits per heavy atom. The molecule has 2 saturated heterocycles. The molecule has 25 heavy (non-hydrogen) atoms. The summed E-state index contributed by atoms with van der Waals surface area (Å²) in [5.74, 6) is 0.792. The number of rotatable bonds is 6. The van der Waals surface area contributed by atoms with Crippen molar-refractivity contribution in [3.05, 3.63) is 29.8 Å². The van der Waals surface area contributed by atoms with Crippen molar-refractivity contribution in [2.45, 2.75) is 31.9 Å². The molecule has 6 heteroatoms. The fraction of sp³-hybridized carbons (Fsp3) is 0.632. The summed E-state index contributed by atoms with van der Waals surface area (Å²) >= 11 is 0. The van der Waals surface area contributed by atoms with Gasteiger partial charge in [0.05, 0.1) is 0 Å². The van der Waals surface area contributed by atoms with Crippen LogP contribution in [0.3, 0.4) is 0 Å². The van der Waals surface area contributed by atoms with Gasteiger partial charge in [-0.1, -0.05) is 17.7 Å². The molecule has 138 valence electrons. The minimum Gasteiger partial charge on any atom is -0.491 e. The Bertz CT molecular complexity index is 570. The second-order valence-electron chi connectivity index (χ2n) is 7.21. The highest BCUT2D eigenvalue weighted by Crippen LogP contribution is 2.21. The van der Waals surface area contributed by atoms with Gasteiger partial charge < -0.3 is 24.5 Å². The summed E-state index contributed by atoms with van der Waals surface area (Å²) in [5, 5.41) is 10.2. The molecule has 0 spiro atoms. The van der Waals surface area contributed by atoms with Gasteiger partial charge in [0.25, 0.3) is 0 Å². The predicted molar refractivity (Wildman–Crippen MR) is 96.9 cm³/mol. The van der Waals surface area contributed by atoms with Crippen LogP contribution in [0.2, 0.25) is 0 Å². The van der Waals surface area contributed by atoms with Crippen molar-refractivity contribution in [2.75, 3.05) is 46.4 Å². The maximum absolute atomic E-state index is 12.1. The Morgan fingerprint density at radius 1 is 1.16 bits per heavy atom. The van der Waals surface area contributed by atoms with Crippen molar-refractivity contribution < 1.29 is 14.6 Å². The summed E-state index contributed by atoms with van der Waals surface area (Å²) < 4.78 is 5.66. The van der Waals surface area contributed by atoms with Crippen LogP contribution in [-0.2, 0) is 0 Å². The number of aryl methyl sites for hydroxylation is 1. The predicted octanol–water partition coefficient (Wildman–Crippen LogP) is 1.57. The third-order valence-corrected chi connectivity index (χ3v) is 5.18. The van der Waals surface area contributed by atoms with E-state index in [0.29, 0.717) is 19.2 Å². The third-order valence-electron chi connectivity index (χ3n) is 5.18. The SMILES string of the molecule is Cc1ccc(OCC(O)CN2CCC(N3CCN(C)C3=O)CC2)cc1. The van der Waals surface area contributed by atoms with E-state index >= 15 is 0 Å². The number of hydrogen-bond donors (Lipinski definition) is 1. The normalized spacial score (nSPS) is 21.0. The van der Waals surface area contributed by atoms with Crippen LogP contribution in [0.5, 0.6) is 5.75 Å². The number of likely N-dealkylation sites (tertiary alicyclic amines) is 1. The van der Waals surface area contributed by atoms with Crippen molar-refractivity contribution in [1.29, 1.82) is 0 Å². The lowest BCUT2D eigenvalue weighted by Crippen LogP contribution is -2.48. The first-order valence-corrected chi connectivity index (χ1v) is 9.14. The van der Waals surface area contributed by atoms with Gasteiger partial charge in [0.1, 0.15) is 18.5 Å². The van der Waals surface area contributed by atoms with Crippen LogP contribution in [0.1, 0.15) is 18.4 Å². The lowest BCUT2D eigenvalue weighted by Gasteiger charge is -2.37. The molecule has 2 fully saturated rings. The highest BCUT2D eigenvalue weighted by molar-refractivity contribution is 5.76. The highest BCUT2D eigenvalue weighted by Gasteiger charge is 2.33. The molecule has 2 aliphatic heterocycles. The molecule has 2 amide bonds. The smallest absolute Gasteiger partial charge is 0.320 e. The minimum atomic E-state index is -0.502. The average Bonchev–Trinajstić information content (AvgIpc) is 2.94. The zero-order valence-electron chi connectivity index (χ0n) is 15.2. The Balaban J connectivity index is 1.38. The van der Waals surface area contributed by atoms with Gasteiger partial charge in [-0.25, -0.2) is 4.79 Å². The first-order chi connectivity index (χ1) is 12.0. The van der Waals surface area contributed by atoms with Gasteiger partial charge in [-0.05, 0) is 31.9 Å². The topological polar surface area (TPSA) is 56.3 Å². The van der Waals surface area contributed by atoms with Crippen LogP contribution in [0.15, 0.2) is 24.3 Å². The number of aliphatic hydroxyl groups excluding tert-OH is 1. The van der Waals surface area contributed by atoms with Crippen molar-refractivity contribution >= 4 is 6.03 Å². The van der Waals surface area contributed by atoms with Crippen molar-refractivity contribution in [3.8, 4) is 5.75 Å². The molecule has 0 aromatic heterocycles. The zero-order valence-corrected chi connectivity index (χ0v) is 15.2.